The van der Waals surface area contributed by atoms with Crippen molar-refractivity contribution in [2.45, 2.75) is 52.5 Å². The van der Waals surface area contributed by atoms with E-state index in [0.29, 0.717) is 23.6 Å². The topological polar surface area (TPSA) is 162 Å². The van der Waals surface area contributed by atoms with E-state index >= 15 is 4.39 Å². The molecule has 14 heteroatoms. The highest BCUT2D eigenvalue weighted by Gasteiger charge is 2.26. The first-order chi connectivity index (χ1) is 17.7. The number of aromatic amines is 1. The number of anilines is 2. The number of rotatable bonds is 10. The zero-order chi connectivity index (χ0) is 28.3. The smallest absolute Gasteiger partial charge is 0.404 e. The number of nitrogens with zero attached hydrogens (tertiary/aromatic N) is 3. The van der Waals surface area contributed by atoms with E-state index in [-0.39, 0.29) is 40.2 Å². The summed E-state index contributed by atoms with van der Waals surface area (Å²) < 4.78 is 42.7. The van der Waals surface area contributed by atoms with Gasteiger partial charge in [0.1, 0.15) is 11.5 Å². The van der Waals surface area contributed by atoms with Crippen LogP contribution in [0.1, 0.15) is 46.9 Å². The number of aromatic nitrogens is 4. The Morgan fingerprint density at radius 3 is 2.61 bits per heavy atom. The van der Waals surface area contributed by atoms with Crippen molar-refractivity contribution in [3.05, 3.63) is 41.1 Å². The van der Waals surface area contributed by atoms with Crippen molar-refractivity contribution in [2.24, 2.45) is 0 Å². The minimum atomic E-state index is -3.78. The summed E-state index contributed by atoms with van der Waals surface area (Å²) in [6.07, 6.45) is 0.712. The molecule has 2 aromatic heterocycles. The second-order valence-corrected chi connectivity index (χ2v) is 12.1. The van der Waals surface area contributed by atoms with E-state index in [0.717, 1.165) is 0 Å². The third kappa shape index (κ3) is 7.32. The van der Waals surface area contributed by atoms with E-state index in [4.69, 9.17) is 16.7 Å². The average Bonchev–Trinajstić information content (AvgIpc) is 3.25. The van der Waals surface area contributed by atoms with E-state index < -0.39 is 33.4 Å². The molecule has 0 saturated heterocycles. The Labute approximate surface area is 225 Å². The molecule has 1 atom stereocenters. The summed E-state index contributed by atoms with van der Waals surface area (Å²) in [6, 6.07) is 3.79. The van der Waals surface area contributed by atoms with Crippen molar-refractivity contribution in [3.63, 3.8) is 0 Å². The quantitative estimate of drug-likeness (QED) is 0.232. The molecule has 206 valence electrons. The molecular weight excluding hydrogens is 537 g/mol. The first-order valence-corrected chi connectivity index (χ1v) is 13.9. The minimum absolute atomic E-state index is 0.0131. The van der Waals surface area contributed by atoms with Gasteiger partial charge >= 0.3 is 6.09 Å². The number of amides is 1. The normalized spacial score (nSPS) is 12.7. The molecule has 3 aromatic rings. The lowest BCUT2D eigenvalue weighted by atomic mass is 9.96. The van der Waals surface area contributed by atoms with Crippen LogP contribution < -0.4 is 15.4 Å². The molecule has 0 aliphatic carbocycles. The Kier molecular flexibility index (Phi) is 8.82. The maximum Gasteiger partial charge on any atom is 0.404 e. The fraction of sp³-hybridized carbons (Fsp3) is 0.417. The Morgan fingerprint density at radius 2 is 1.97 bits per heavy atom. The van der Waals surface area contributed by atoms with Gasteiger partial charge in [-0.3, -0.25) is 4.72 Å². The zero-order valence-corrected chi connectivity index (χ0v) is 23.3. The van der Waals surface area contributed by atoms with Crippen molar-refractivity contribution >= 4 is 39.4 Å². The third-order valence-corrected chi connectivity index (χ3v) is 6.99. The van der Waals surface area contributed by atoms with Crippen LogP contribution >= 0.6 is 11.6 Å². The number of halogens is 2. The highest BCUT2D eigenvalue weighted by atomic mass is 35.5. The van der Waals surface area contributed by atoms with E-state index in [2.05, 4.69) is 35.3 Å². The maximum atomic E-state index is 15.8. The number of hydrogen-bond donors (Lipinski definition) is 5. The molecule has 0 bridgehead atoms. The van der Waals surface area contributed by atoms with Crippen LogP contribution in [0.5, 0.6) is 0 Å². The summed E-state index contributed by atoms with van der Waals surface area (Å²) in [7, 11) is -3.78. The van der Waals surface area contributed by atoms with Gasteiger partial charge in [0.25, 0.3) is 0 Å². The molecule has 0 radical (unpaired) electrons. The van der Waals surface area contributed by atoms with E-state index in [1.54, 1.807) is 19.9 Å². The largest absolute Gasteiger partial charge is 0.465 e. The number of nitrogens with one attached hydrogen (secondary N) is 4. The fourth-order valence-electron chi connectivity index (χ4n) is 3.52. The standard InChI is InChI=1S/C24H31ClFN7O4S/c1-6-9-38(36,37)33-17-11-14(25)10-15(18(17)26)19-20(32-21(31-19)24(3,4)5)16-7-8-27-22(30-16)28-12-13(2)29-23(34)35/h7-8,10-11,13,29,33H,6,9,12H2,1-5H3,(H,31,32)(H,34,35)(H,27,28,30). The molecule has 1 amide bonds. The van der Waals surface area contributed by atoms with Crippen LogP contribution in [-0.4, -0.2) is 57.9 Å². The van der Waals surface area contributed by atoms with E-state index in [1.807, 2.05) is 20.8 Å². The van der Waals surface area contributed by atoms with Crippen LogP contribution in [0.3, 0.4) is 0 Å². The lowest BCUT2D eigenvalue weighted by molar-refractivity contribution is 0.191. The monoisotopic (exact) mass is 567 g/mol. The molecule has 0 aliphatic rings. The highest BCUT2D eigenvalue weighted by molar-refractivity contribution is 7.92. The molecule has 0 aliphatic heterocycles. The van der Waals surface area contributed by atoms with Gasteiger partial charge in [-0.05, 0) is 31.5 Å². The zero-order valence-electron chi connectivity index (χ0n) is 21.7. The first kappa shape index (κ1) is 29.1. The van der Waals surface area contributed by atoms with Gasteiger partial charge in [0.15, 0.2) is 5.82 Å². The van der Waals surface area contributed by atoms with Gasteiger partial charge in [-0.15, -0.1) is 0 Å². The van der Waals surface area contributed by atoms with Gasteiger partial charge in [-0.2, -0.15) is 0 Å². The lowest BCUT2D eigenvalue weighted by Crippen LogP contribution is -2.36. The van der Waals surface area contributed by atoms with Crippen LogP contribution in [0.15, 0.2) is 24.4 Å². The van der Waals surface area contributed by atoms with Gasteiger partial charge < -0.3 is 20.7 Å². The summed E-state index contributed by atoms with van der Waals surface area (Å²) in [5.74, 6) is -0.238. The van der Waals surface area contributed by atoms with E-state index in [1.165, 1.54) is 18.3 Å². The molecule has 11 nitrogen and oxygen atoms in total. The van der Waals surface area contributed by atoms with Gasteiger partial charge in [0.05, 0.1) is 22.8 Å². The molecule has 0 spiro atoms. The summed E-state index contributed by atoms with van der Waals surface area (Å²) in [5.41, 5.74) is 0.210. The third-order valence-electron chi connectivity index (χ3n) is 5.29. The molecular formula is C24H31ClFN7O4S. The highest BCUT2D eigenvalue weighted by Crippen LogP contribution is 2.38. The Balaban J connectivity index is 2.10. The Hall–Kier alpha value is -3.45. The summed E-state index contributed by atoms with van der Waals surface area (Å²) in [4.78, 5) is 27.4. The molecule has 0 saturated carbocycles. The maximum absolute atomic E-state index is 15.8. The number of sulfonamides is 1. The second-order valence-electron chi connectivity index (χ2n) is 9.79. The van der Waals surface area contributed by atoms with Crippen LogP contribution in [0.2, 0.25) is 5.02 Å². The number of H-pyrrole nitrogens is 1. The first-order valence-electron chi connectivity index (χ1n) is 11.9. The van der Waals surface area contributed by atoms with Gasteiger partial charge in [-0.25, -0.2) is 32.6 Å². The molecule has 1 unspecified atom stereocenters. The van der Waals surface area contributed by atoms with Gasteiger partial charge in [-0.1, -0.05) is 39.3 Å². The van der Waals surface area contributed by atoms with Crippen molar-refractivity contribution in [1.82, 2.24) is 25.3 Å². The minimum Gasteiger partial charge on any atom is -0.465 e. The molecule has 0 fully saturated rings. The Morgan fingerprint density at radius 1 is 1.26 bits per heavy atom. The molecule has 2 heterocycles. The van der Waals surface area contributed by atoms with Crippen LogP contribution in [0.4, 0.5) is 20.8 Å². The summed E-state index contributed by atoms with van der Waals surface area (Å²) in [6.45, 7) is 9.41. The lowest BCUT2D eigenvalue weighted by Gasteiger charge is -2.14. The van der Waals surface area contributed by atoms with Crippen LogP contribution in [-0.2, 0) is 15.4 Å². The van der Waals surface area contributed by atoms with Crippen LogP contribution in [0, 0.1) is 5.82 Å². The fourth-order valence-corrected chi connectivity index (χ4v) is 4.86. The molecule has 5 N–H and O–H groups in total. The average molecular weight is 568 g/mol. The number of carbonyl (C=O) groups is 1. The van der Waals surface area contributed by atoms with Gasteiger partial charge in [0, 0.05) is 34.8 Å². The summed E-state index contributed by atoms with van der Waals surface area (Å²) >= 11 is 6.28. The Bertz CT molecular complexity index is 1420. The van der Waals surface area contributed by atoms with Crippen LogP contribution in [0.25, 0.3) is 22.6 Å². The van der Waals surface area contributed by atoms with Gasteiger partial charge in [0.2, 0.25) is 16.0 Å². The van der Waals surface area contributed by atoms with Crippen molar-refractivity contribution in [1.29, 1.82) is 0 Å². The number of carboxylic acid groups (broad SMARTS) is 1. The molecule has 38 heavy (non-hydrogen) atoms. The molecule has 3 rings (SSSR count). The predicted molar refractivity (Wildman–Crippen MR) is 146 cm³/mol. The molecule has 1 aromatic carbocycles. The van der Waals surface area contributed by atoms with Crippen molar-refractivity contribution in [3.8, 4) is 22.6 Å². The predicted octanol–water partition coefficient (Wildman–Crippen LogP) is 4.84. The second kappa shape index (κ2) is 11.5. The summed E-state index contributed by atoms with van der Waals surface area (Å²) in [5, 5.41) is 14.3. The van der Waals surface area contributed by atoms with Crippen molar-refractivity contribution < 1.29 is 22.7 Å². The number of imidazole rings is 1. The van der Waals surface area contributed by atoms with Crippen molar-refractivity contribution in [2.75, 3.05) is 22.3 Å². The van der Waals surface area contributed by atoms with E-state index in [9.17, 15) is 13.2 Å². The number of hydrogen-bond acceptors (Lipinski definition) is 7. The SMILES string of the molecule is CCCS(=O)(=O)Nc1cc(Cl)cc(-c2nc(C(C)(C)C)[nH]c2-c2ccnc(NCC(C)NC(=O)O)n2)c1F. The number of benzene rings is 1.